The molecule has 2 aromatic rings. The van der Waals surface area contributed by atoms with Gasteiger partial charge in [-0.25, -0.2) is 9.67 Å². The van der Waals surface area contributed by atoms with Gasteiger partial charge in [-0.2, -0.15) is 23.4 Å². The van der Waals surface area contributed by atoms with Crippen molar-refractivity contribution in [3.05, 3.63) is 17.6 Å². The van der Waals surface area contributed by atoms with Crippen molar-refractivity contribution in [1.29, 1.82) is 0 Å². The van der Waals surface area contributed by atoms with Gasteiger partial charge in [-0.15, -0.1) is 0 Å². The maximum Gasteiger partial charge on any atom is 0.408 e. The van der Waals surface area contributed by atoms with Crippen LogP contribution in [0.5, 0.6) is 0 Å². The third kappa shape index (κ3) is 3.88. The quantitative estimate of drug-likeness (QED) is 0.819. The molecule has 2 heterocycles. The molecule has 25 heavy (non-hydrogen) atoms. The SMILES string of the molecule is Cc1cc(-c2nc(C3CCCC3)nn2CC(F)(F)F)n(C(C)(C)C)n1. The van der Waals surface area contributed by atoms with Crippen LogP contribution < -0.4 is 0 Å². The molecular weight excluding hydrogens is 331 g/mol. The molecule has 0 radical (unpaired) electrons. The second kappa shape index (κ2) is 6.14. The predicted molar refractivity (Wildman–Crippen MR) is 88.2 cm³/mol. The molecule has 0 unspecified atom stereocenters. The van der Waals surface area contributed by atoms with Gasteiger partial charge in [-0.1, -0.05) is 12.8 Å². The van der Waals surface area contributed by atoms with E-state index < -0.39 is 12.7 Å². The largest absolute Gasteiger partial charge is 0.408 e. The summed E-state index contributed by atoms with van der Waals surface area (Å²) in [6.07, 6.45) is -0.323. The van der Waals surface area contributed by atoms with Crippen molar-refractivity contribution in [3.8, 4) is 11.5 Å². The number of rotatable bonds is 3. The van der Waals surface area contributed by atoms with Gasteiger partial charge >= 0.3 is 6.18 Å². The molecule has 1 aliphatic rings. The lowest BCUT2D eigenvalue weighted by atomic mass is 10.1. The van der Waals surface area contributed by atoms with Gasteiger partial charge in [0.2, 0.25) is 0 Å². The summed E-state index contributed by atoms with van der Waals surface area (Å²) in [5.74, 6) is 0.922. The maximum atomic E-state index is 13.1. The Morgan fingerprint density at radius 3 is 2.32 bits per heavy atom. The molecule has 0 bridgehead atoms. The number of hydrogen-bond acceptors (Lipinski definition) is 3. The van der Waals surface area contributed by atoms with Gasteiger partial charge in [-0.3, -0.25) is 4.68 Å². The standard InChI is InChI=1S/C17H24F3N5/c1-11-9-13(25(22-11)16(2,3)4)15-21-14(12-7-5-6-8-12)23-24(15)10-17(18,19)20/h9,12H,5-8,10H2,1-4H3. The lowest BCUT2D eigenvalue weighted by Gasteiger charge is -2.22. The minimum Gasteiger partial charge on any atom is -0.256 e. The van der Waals surface area contributed by atoms with E-state index in [2.05, 4.69) is 15.2 Å². The highest BCUT2D eigenvalue weighted by molar-refractivity contribution is 5.51. The van der Waals surface area contributed by atoms with E-state index in [1.54, 1.807) is 10.7 Å². The van der Waals surface area contributed by atoms with Crippen molar-refractivity contribution in [1.82, 2.24) is 24.5 Å². The summed E-state index contributed by atoms with van der Waals surface area (Å²) < 4.78 is 41.9. The molecule has 0 saturated heterocycles. The highest BCUT2D eigenvalue weighted by Crippen LogP contribution is 2.35. The Morgan fingerprint density at radius 2 is 1.76 bits per heavy atom. The van der Waals surface area contributed by atoms with Gasteiger partial charge < -0.3 is 0 Å². The summed E-state index contributed by atoms with van der Waals surface area (Å²) in [6.45, 7) is 6.58. The third-order valence-corrected chi connectivity index (χ3v) is 4.43. The number of hydrogen-bond donors (Lipinski definition) is 0. The first-order chi connectivity index (χ1) is 11.5. The molecule has 0 amide bonds. The molecule has 0 aliphatic heterocycles. The van der Waals surface area contributed by atoms with Gasteiger partial charge in [0.25, 0.3) is 0 Å². The summed E-state index contributed by atoms with van der Waals surface area (Å²) in [4.78, 5) is 4.53. The van der Waals surface area contributed by atoms with Gasteiger partial charge in [0.05, 0.1) is 11.2 Å². The van der Waals surface area contributed by atoms with Crippen LogP contribution in [0.25, 0.3) is 11.5 Å². The summed E-state index contributed by atoms with van der Waals surface area (Å²) in [7, 11) is 0. The molecule has 5 nitrogen and oxygen atoms in total. The smallest absolute Gasteiger partial charge is 0.256 e. The van der Waals surface area contributed by atoms with E-state index in [0.717, 1.165) is 36.1 Å². The highest BCUT2D eigenvalue weighted by Gasteiger charge is 2.33. The minimum absolute atomic E-state index is 0.153. The predicted octanol–water partition coefficient (Wildman–Crippen LogP) is 4.42. The van der Waals surface area contributed by atoms with E-state index >= 15 is 0 Å². The van der Waals surface area contributed by atoms with Crippen molar-refractivity contribution < 1.29 is 13.2 Å². The van der Waals surface area contributed by atoms with Crippen LogP contribution in [-0.4, -0.2) is 30.7 Å². The second-order valence-corrected chi connectivity index (χ2v) is 7.80. The van der Waals surface area contributed by atoms with Gasteiger partial charge in [-0.05, 0) is 46.6 Å². The van der Waals surface area contributed by atoms with E-state index in [4.69, 9.17) is 0 Å². The van der Waals surface area contributed by atoms with Crippen LogP contribution in [0.3, 0.4) is 0 Å². The second-order valence-electron chi connectivity index (χ2n) is 7.80. The highest BCUT2D eigenvalue weighted by atomic mass is 19.4. The Bertz CT molecular complexity index is 745. The van der Waals surface area contributed by atoms with Crippen LogP contribution in [0.1, 0.15) is 63.9 Å². The molecule has 138 valence electrons. The van der Waals surface area contributed by atoms with Crippen molar-refractivity contribution in [2.75, 3.05) is 0 Å². The Kier molecular flexibility index (Phi) is 4.41. The maximum absolute atomic E-state index is 13.1. The molecule has 1 saturated carbocycles. The minimum atomic E-state index is -4.35. The zero-order chi connectivity index (χ0) is 18.4. The Hall–Kier alpha value is -1.86. The fourth-order valence-corrected chi connectivity index (χ4v) is 3.36. The van der Waals surface area contributed by atoms with Gasteiger partial charge in [0.15, 0.2) is 11.6 Å². The molecular formula is C17H24F3N5. The number of halogens is 3. The summed E-state index contributed by atoms with van der Waals surface area (Å²) in [5, 5.41) is 8.69. The van der Waals surface area contributed by atoms with E-state index in [0.29, 0.717) is 11.5 Å². The number of alkyl halides is 3. The van der Waals surface area contributed by atoms with Crippen LogP contribution in [0.15, 0.2) is 6.07 Å². The topological polar surface area (TPSA) is 48.5 Å². The van der Waals surface area contributed by atoms with Gasteiger partial charge in [0.1, 0.15) is 12.2 Å². The van der Waals surface area contributed by atoms with Crippen LogP contribution in [-0.2, 0) is 12.1 Å². The monoisotopic (exact) mass is 355 g/mol. The fraction of sp³-hybridized carbons (Fsp3) is 0.706. The molecule has 0 atom stereocenters. The molecule has 1 aliphatic carbocycles. The lowest BCUT2D eigenvalue weighted by Crippen LogP contribution is -2.26. The van der Waals surface area contributed by atoms with Gasteiger partial charge in [0, 0.05) is 5.92 Å². The first-order valence-corrected chi connectivity index (χ1v) is 8.63. The Morgan fingerprint density at radius 1 is 1.12 bits per heavy atom. The lowest BCUT2D eigenvalue weighted by molar-refractivity contribution is -0.142. The number of nitrogens with zero attached hydrogens (tertiary/aromatic N) is 5. The average Bonchev–Trinajstić information content (AvgIpc) is 3.13. The molecule has 1 fully saturated rings. The molecule has 0 aromatic carbocycles. The normalized spacial score (nSPS) is 16.8. The zero-order valence-electron chi connectivity index (χ0n) is 15.1. The van der Waals surface area contributed by atoms with E-state index in [1.165, 1.54) is 0 Å². The average molecular weight is 355 g/mol. The van der Waals surface area contributed by atoms with E-state index in [9.17, 15) is 13.2 Å². The molecule has 0 spiro atoms. The number of aryl methyl sites for hydroxylation is 1. The van der Waals surface area contributed by atoms with Crippen molar-refractivity contribution in [3.63, 3.8) is 0 Å². The fourth-order valence-electron chi connectivity index (χ4n) is 3.36. The Labute approximate surface area is 145 Å². The summed E-state index contributed by atoms with van der Waals surface area (Å²) in [5.41, 5.74) is 0.950. The van der Waals surface area contributed by atoms with Crippen molar-refractivity contribution in [2.24, 2.45) is 0 Å². The van der Waals surface area contributed by atoms with Crippen molar-refractivity contribution >= 4 is 0 Å². The number of aromatic nitrogens is 5. The summed E-state index contributed by atoms with van der Waals surface area (Å²) in [6, 6.07) is 1.78. The van der Waals surface area contributed by atoms with Crippen LogP contribution >= 0.6 is 0 Å². The molecule has 8 heteroatoms. The van der Waals surface area contributed by atoms with Crippen LogP contribution in [0.4, 0.5) is 13.2 Å². The summed E-state index contributed by atoms with van der Waals surface area (Å²) >= 11 is 0. The third-order valence-electron chi connectivity index (χ3n) is 4.43. The van der Waals surface area contributed by atoms with E-state index in [1.807, 2.05) is 27.7 Å². The first-order valence-electron chi connectivity index (χ1n) is 8.63. The van der Waals surface area contributed by atoms with Crippen molar-refractivity contribution in [2.45, 2.75) is 77.6 Å². The molecule has 2 aromatic heterocycles. The zero-order valence-corrected chi connectivity index (χ0v) is 15.1. The van der Waals surface area contributed by atoms with Crippen LogP contribution in [0.2, 0.25) is 0 Å². The van der Waals surface area contributed by atoms with Crippen LogP contribution in [0, 0.1) is 6.92 Å². The first kappa shape index (κ1) is 17.9. The molecule has 3 rings (SSSR count). The Balaban J connectivity index is 2.11. The van der Waals surface area contributed by atoms with E-state index in [-0.39, 0.29) is 17.3 Å². The molecule has 0 N–H and O–H groups in total.